The van der Waals surface area contributed by atoms with Gasteiger partial charge in [0.15, 0.2) is 0 Å². The number of nitrogens with zero attached hydrogens (tertiary/aromatic N) is 4. The maximum Gasteiger partial charge on any atom is 0.264 e. The molecule has 0 aliphatic carbocycles. The largest absolute Gasteiger partial charge is 0.371 e. The summed E-state index contributed by atoms with van der Waals surface area (Å²) >= 11 is 0. The summed E-state index contributed by atoms with van der Waals surface area (Å²) in [7, 11) is 2.15. The van der Waals surface area contributed by atoms with E-state index < -0.39 is 23.8 Å². The summed E-state index contributed by atoms with van der Waals surface area (Å²) in [6, 6.07) is 16.6. The Morgan fingerprint density at radius 2 is 1.73 bits per heavy atom. The third-order valence-electron chi connectivity index (χ3n) is 11.3. The molecular formula is C40H43N7O5. The third-order valence-corrected chi connectivity index (χ3v) is 11.3. The Balaban J connectivity index is 0.815. The van der Waals surface area contributed by atoms with E-state index in [4.69, 9.17) is 0 Å². The maximum atomic E-state index is 13.6. The lowest BCUT2D eigenvalue weighted by Gasteiger charge is -2.34. The molecule has 8 rings (SSSR count). The first-order valence-electron chi connectivity index (χ1n) is 18.4. The van der Waals surface area contributed by atoms with Crippen LogP contribution in [0.3, 0.4) is 0 Å². The van der Waals surface area contributed by atoms with Crippen LogP contribution in [0, 0.1) is 5.92 Å². The summed E-state index contributed by atoms with van der Waals surface area (Å²) in [5, 5.41) is 6.24. The summed E-state index contributed by atoms with van der Waals surface area (Å²) in [4.78, 5) is 77.6. The highest BCUT2D eigenvalue weighted by molar-refractivity contribution is 6.25. The van der Waals surface area contributed by atoms with Gasteiger partial charge in [0.2, 0.25) is 11.8 Å². The fourth-order valence-corrected chi connectivity index (χ4v) is 8.43. The fraction of sp³-hybridized carbons (Fsp3) is 0.400. The van der Waals surface area contributed by atoms with Crippen LogP contribution in [0.15, 0.2) is 60.8 Å². The Morgan fingerprint density at radius 3 is 2.48 bits per heavy atom. The number of amides is 5. The summed E-state index contributed by atoms with van der Waals surface area (Å²) in [6.45, 7) is 2.65. The van der Waals surface area contributed by atoms with E-state index in [1.165, 1.54) is 17.7 Å². The van der Waals surface area contributed by atoms with Crippen LogP contribution in [0.2, 0.25) is 0 Å². The van der Waals surface area contributed by atoms with Crippen LogP contribution in [-0.2, 0) is 16.0 Å². The highest BCUT2D eigenvalue weighted by atomic mass is 16.2. The van der Waals surface area contributed by atoms with Crippen molar-refractivity contribution in [1.82, 2.24) is 25.1 Å². The van der Waals surface area contributed by atoms with Crippen molar-refractivity contribution in [3.8, 4) is 0 Å². The predicted molar refractivity (Wildman–Crippen MR) is 196 cm³/mol. The smallest absolute Gasteiger partial charge is 0.264 e. The number of imide groups is 2. The molecule has 52 heavy (non-hydrogen) atoms. The molecule has 0 bridgehead atoms. The number of hydrogen-bond acceptors (Lipinski definition) is 8. The number of anilines is 2. The summed E-state index contributed by atoms with van der Waals surface area (Å²) in [6.07, 6.45) is 9.35. The van der Waals surface area contributed by atoms with Crippen molar-refractivity contribution in [2.75, 3.05) is 36.9 Å². The van der Waals surface area contributed by atoms with Gasteiger partial charge in [-0.05, 0) is 107 Å². The topological polar surface area (TPSA) is 148 Å². The molecule has 2 atom stereocenters. The van der Waals surface area contributed by atoms with Gasteiger partial charge in [-0.3, -0.25) is 39.1 Å². The number of fused-ring (bicyclic) bond motifs is 2. The van der Waals surface area contributed by atoms with E-state index in [9.17, 15) is 24.0 Å². The monoisotopic (exact) mass is 701 g/mol. The zero-order valence-corrected chi connectivity index (χ0v) is 29.3. The number of piperidine rings is 2. The molecule has 2 aromatic heterocycles. The highest BCUT2D eigenvalue weighted by Gasteiger charge is 2.46. The molecule has 0 saturated carbocycles. The van der Waals surface area contributed by atoms with Crippen LogP contribution in [0.1, 0.15) is 99.7 Å². The van der Waals surface area contributed by atoms with E-state index in [-0.39, 0.29) is 24.7 Å². The minimum atomic E-state index is -0.975. The lowest BCUT2D eigenvalue weighted by atomic mass is 9.90. The lowest BCUT2D eigenvalue weighted by Crippen LogP contribution is -2.54. The average molecular weight is 702 g/mol. The molecule has 3 N–H and O–H groups in total. The molecule has 12 nitrogen and oxygen atoms in total. The second kappa shape index (κ2) is 14.0. The number of hydrogen-bond donors (Lipinski definition) is 3. The molecule has 3 fully saturated rings. The Bertz CT molecular complexity index is 2070. The van der Waals surface area contributed by atoms with E-state index in [2.05, 4.69) is 43.5 Å². The van der Waals surface area contributed by atoms with Crippen molar-refractivity contribution in [3.05, 3.63) is 88.7 Å². The molecule has 2 aromatic carbocycles. The molecule has 4 aliphatic heterocycles. The normalized spacial score (nSPS) is 21.2. The lowest BCUT2D eigenvalue weighted by molar-refractivity contribution is -0.136. The number of likely N-dealkylation sites (tertiary alicyclic amines) is 1. The Kier molecular flexibility index (Phi) is 9.08. The molecule has 4 aliphatic rings. The van der Waals surface area contributed by atoms with Crippen molar-refractivity contribution in [3.63, 3.8) is 0 Å². The molecule has 268 valence electrons. The zero-order chi connectivity index (χ0) is 35.9. The van der Waals surface area contributed by atoms with Gasteiger partial charge >= 0.3 is 0 Å². The minimum Gasteiger partial charge on any atom is -0.371 e. The molecule has 6 heterocycles. The van der Waals surface area contributed by atoms with E-state index >= 15 is 0 Å². The number of aromatic nitrogens is 2. The molecule has 0 radical (unpaired) electrons. The van der Waals surface area contributed by atoms with E-state index in [0.717, 1.165) is 79.6 Å². The summed E-state index contributed by atoms with van der Waals surface area (Å²) < 4.78 is 0. The summed E-state index contributed by atoms with van der Waals surface area (Å²) in [5.41, 5.74) is 5.33. The Hall–Kier alpha value is -5.36. The number of pyridine rings is 1. The summed E-state index contributed by atoms with van der Waals surface area (Å²) in [5.74, 6) is -1.05. The Morgan fingerprint density at radius 1 is 0.923 bits per heavy atom. The zero-order valence-electron chi connectivity index (χ0n) is 29.3. The van der Waals surface area contributed by atoms with Crippen LogP contribution in [-0.4, -0.2) is 82.0 Å². The molecule has 3 saturated heterocycles. The first-order chi connectivity index (χ1) is 25.2. The van der Waals surface area contributed by atoms with Gasteiger partial charge in [-0.15, -0.1) is 0 Å². The maximum absolute atomic E-state index is 13.6. The van der Waals surface area contributed by atoms with E-state index in [1.807, 2.05) is 42.6 Å². The second-order valence-electron chi connectivity index (χ2n) is 14.6. The average Bonchev–Trinajstić information content (AvgIpc) is 3.84. The van der Waals surface area contributed by atoms with Crippen molar-refractivity contribution in [1.29, 1.82) is 0 Å². The van der Waals surface area contributed by atoms with Crippen molar-refractivity contribution in [2.24, 2.45) is 5.92 Å². The molecular weight excluding hydrogens is 658 g/mol. The molecule has 12 heteroatoms. The van der Waals surface area contributed by atoms with Crippen LogP contribution in [0.4, 0.5) is 11.5 Å². The van der Waals surface area contributed by atoms with E-state index in [1.54, 1.807) is 12.1 Å². The van der Waals surface area contributed by atoms with Gasteiger partial charge in [0.25, 0.3) is 17.7 Å². The van der Waals surface area contributed by atoms with Gasteiger partial charge in [0, 0.05) is 54.5 Å². The number of carbonyl (C=O) groups is 5. The molecule has 1 unspecified atom stereocenters. The molecule has 5 amide bonds. The number of benzene rings is 2. The first-order valence-corrected chi connectivity index (χ1v) is 18.4. The van der Waals surface area contributed by atoms with Gasteiger partial charge in [-0.25, -0.2) is 4.98 Å². The number of nitrogens with one attached hydrogen (secondary N) is 3. The number of aryl methyl sites for hydroxylation is 1. The van der Waals surface area contributed by atoms with Crippen LogP contribution < -0.4 is 15.5 Å². The first kappa shape index (κ1) is 33.8. The van der Waals surface area contributed by atoms with Gasteiger partial charge in [-0.1, -0.05) is 18.2 Å². The van der Waals surface area contributed by atoms with Crippen molar-refractivity contribution < 1.29 is 24.0 Å². The van der Waals surface area contributed by atoms with Gasteiger partial charge in [0.1, 0.15) is 11.9 Å². The van der Waals surface area contributed by atoms with Crippen molar-refractivity contribution in [2.45, 2.75) is 69.9 Å². The van der Waals surface area contributed by atoms with Crippen molar-refractivity contribution >= 4 is 51.9 Å². The quantitative estimate of drug-likeness (QED) is 0.201. The van der Waals surface area contributed by atoms with Crippen LogP contribution in [0.5, 0.6) is 0 Å². The SMILES string of the molecule is CN1CCC[C@@H]1c1cc2cnc(NC(=O)c3ccc(CCCC4CCN(c5cccc6c5C(=O)N(C5CCC(=O)NC5=O)C6=O)CC4)cc3)cc2[nH]1. The van der Waals surface area contributed by atoms with E-state index in [0.29, 0.717) is 34.5 Å². The molecule has 0 spiro atoms. The van der Waals surface area contributed by atoms with Gasteiger partial charge < -0.3 is 15.2 Å². The van der Waals surface area contributed by atoms with Gasteiger partial charge in [-0.2, -0.15) is 0 Å². The highest BCUT2D eigenvalue weighted by Crippen LogP contribution is 2.37. The van der Waals surface area contributed by atoms with Gasteiger partial charge in [0.05, 0.1) is 22.3 Å². The number of H-pyrrole nitrogens is 1. The number of rotatable bonds is 9. The fourth-order valence-electron chi connectivity index (χ4n) is 8.43. The Labute approximate surface area is 301 Å². The molecule has 4 aromatic rings. The van der Waals surface area contributed by atoms with Crippen LogP contribution >= 0.6 is 0 Å². The third kappa shape index (κ3) is 6.47. The number of carbonyl (C=O) groups excluding carboxylic acids is 5. The standard InChI is InChI=1S/C40H43N7O5/c1-45-18-4-9-31(45)30-21-27-23-41-34(22-29(27)42-30)43-37(49)26-12-10-24(11-13-26)5-2-6-25-16-19-46(20-17-25)32-8-3-7-28-36(32)40(52)47(39(28)51)33-14-15-35(48)44-38(33)50/h3,7-8,10-13,21-23,25,31,33,42H,2,4-6,9,14-20H2,1H3,(H,41,43,49)(H,44,48,50)/t31-,33?/m1/s1. The van der Waals surface area contributed by atoms with Crippen LogP contribution in [0.25, 0.3) is 10.9 Å². The second-order valence-corrected chi connectivity index (χ2v) is 14.6. The minimum absolute atomic E-state index is 0.0939. The predicted octanol–water partition coefficient (Wildman–Crippen LogP) is 5.22. The number of aromatic amines is 1.